The summed E-state index contributed by atoms with van der Waals surface area (Å²) in [4.78, 5) is 40.6. The maximum atomic E-state index is 13.5. The van der Waals surface area contributed by atoms with E-state index in [1.165, 1.54) is 19.2 Å². The summed E-state index contributed by atoms with van der Waals surface area (Å²) in [6.07, 6.45) is -5.21. The molecule has 35 heavy (non-hydrogen) atoms. The van der Waals surface area contributed by atoms with E-state index >= 15 is 0 Å². The molecular formula is C25H31NO9. The second-order valence-corrected chi connectivity index (χ2v) is 9.54. The largest absolute Gasteiger partial charge is 0.507 e. The van der Waals surface area contributed by atoms with Crippen molar-refractivity contribution in [1.29, 1.82) is 0 Å². The first-order chi connectivity index (χ1) is 16.5. The number of esters is 1. The van der Waals surface area contributed by atoms with E-state index in [0.717, 1.165) is 0 Å². The number of carbonyl (C=O) groups is 3. The number of carbonyl (C=O) groups excluding carboxylic acids is 3. The number of phenolic OH excluding ortho intramolecular Hbond substituents is 1. The third kappa shape index (κ3) is 4.19. The minimum atomic E-state index is -1.50. The number of Topliss-reactive ketones (excluding diaryl/α,β-unsaturated/α-hetero) is 2. The highest BCUT2D eigenvalue weighted by atomic mass is 16.5. The highest BCUT2D eigenvalue weighted by molar-refractivity contribution is 6.29. The second-order valence-electron chi connectivity index (χ2n) is 9.54. The highest BCUT2D eigenvalue weighted by Gasteiger charge is 2.47. The van der Waals surface area contributed by atoms with Gasteiger partial charge in [0.05, 0.1) is 49.6 Å². The molecule has 2 heterocycles. The molecule has 1 aromatic rings. The van der Waals surface area contributed by atoms with E-state index in [2.05, 4.69) is 4.74 Å². The summed E-state index contributed by atoms with van der Waals surface area (Å²) in [7, 11) is 4.89. The SMILES string of the molecule is COC(=O)C[C@H]1O[C@H](C)C2=C(C(=O)c3ccc([C@H]4C[C@H](N(C)C)[C@H](O)[C@@H](C)O4)c(O)c3C2=O)[C@H]1O. The van der Waals surface area contributed by atoms with Gasteiger partial charge in [-0.1, -0.05) is 6.07 Å². The van der Waals surface area contributed by atoms with Gasteiger partial charge in [0.1, 0.15) is 11.9 Å². The number of phenols is 1. The van der Waals surface area contributed by atoms with Gasteiger partial charge in [0.25, 0.3) is 0 Å². The quantitative estimate of drug-likeness (QED) is 0.523. The molecule has 7 atom stereocenters. The molecule has 0 radical (unpaired) electrons. The third-order valence-corrected chi connectivity index (χ3v) is 7.21. The van der Waals surface area contributed by atoms with Gasteiger partial charge in [-0.25, -0.2) is 0 Å². The molecule has 0 spiro atoms. The van der Waals surface area contributed by atoms with Crippen LogP contribution in [0.25, 0.3) is 0 Å². The third-order valence-electron chi connectivity index (χ3n) is 7.21. The fourth-order valence-electron chi connectivity index (χ4n) is 5.29. The standard InChI is InChI=1S/C25H31NO9/c1-10-18-20(24(31)16(34-10)9-17(27)33-5)23(30)13-7-6-12(22(29)19(13)25(18)32)15-8-14(26(3)4)21(28)11(2)35-15/h6-7,10-11,14-16,21,24,28-29,31H,8-9H2,1-5H3/t10-,11-,14+,15-,16-,21-,24+/m1/s1. The lowest BCUT2D eigenvalue weighted by atomic mass is 9.75. The lowest BCUT2D eigenvalue weighted by molar-refractivity contribution is -0.148. The zero-order valence-corrected chi connectivity index (χ0v) is 20.3. The summed E-state index contributed by atoms with van der Waals surface area (Å²) in [5.41, 5.74) is -0.0196. The lowest BCUT2D eigenvalue weighted by Gasteiger charge is -2.41. The molecule has 0 amide bonds. The first-order valence-electron chi connectivity index (χ1n) is 11.6. The Morgan fingerprint density at radius 3 is 2.43 bits per heavy atom. The molecule has 4 rings (SSSR count). The van der Waals surface area contributed by atoms with Gasteiger partial charge in [-0.3, -0.25) is 14.4 Å². The molecular weight excluding hydrogens is 458 g/mol. The van der Waals surface area contributed by atoms with Crippen molar-refractivity contribution in [3.8, 4) is 5.75 Å². The van der Waals surface area contributed by atoms with Crippen molar-refractivity contribution in [3.05, 3.63) is 40.0 Å². The van der Waals surface area contributed by atoms with Crippen LogP contribution in [0.1, 0.15) is 59.1 Å². The topological polar surface area (TPSA) is 143 Å². The van der Waals surface area contributed by atoms with Crippen LogP contribution in [0.2, 0.25) is 0 Å². The van der Waals surface area contributed by atoms with Crippen LogP contribution >= 0.6 is 0 Å². The molecule has 0 aromatic heterocycles. The number of methoxy groups -OCH3 is 1. The summed E-state index contributed by atoms with van der Waals surface area (Å²) >= 11 is 0. The maximum absolute atomic E-state index is 13.5. The van der Waals surface area contributed by atoms with E-state index in [-0.39, 0.29) is 40.5 Å². The van der Waals surface area contributed by atoms with Gasteiger partial charge in [-0.05, 0) is 40.4 Å². The monoisotopic (exact) mass is 489 g/mol. The zero-order valence-electron chi connectivity index (χ0n) is 20.3. The van der Waals surface area contributed by atoms with Crippen LogP contribution in [0.3, 0.4) is 0 Å². The molecule has 0 saturated carbocycles. The number of aromatic hydroxyl groups is 1. The summed E-state index contributed by atoms with van der Waals surface area (Å²) < 4.78 is 16.3. The summed E-state index contributed by atoms with van der Waals surface area (Å²) in [5, 5.41) is 32.5. The lowest BCUT2D eigenvalue weighted by Crippen LogP contribution is -2.50. The van der Waals surface area contributed by atoms with Crippen molar-refractivity contribution in [2.75, 3.05) is 21.2 Å². The number of rotatable bonds is 4. The number of aliphatic hydroxyl groups excluding tert-OH is 2. The average molecular weight is 490 g/mol. The number of ketones is 2. The molecule has 3 N–H and O–H groups in total. The fraction of sp³-hybridized carbons (Fsp3) is 0.560. The van der Waals surface area contributed by atoms with Crippen LogP contribution in [0.4, 0.5) is 0 Å². The van der Waals surface area contributed by atoms with E-state index in [4.69, 9.17) is 9.47 Å². The average Bonchev–Trinajstić information content (AvgIpc) is 2.80. The van der Waals surface area contributed by atoms with Crippen LogP contribution in [0.15, 0.2) is 23.3 Å². The predicted molar refractivity (Wildman–Crippen MR) is 122 cm³/mol. The first kappa shape index (κ1) is 25.5. The Bertz CT molecular complexity index is 1090. The van der Waals surface area contributed by atoms with E-state index in [0.29, 0.717) is 12.0 Å². The number of aliphatic hydroxyl groups is 2. The molecule has 1 fully saturated rings. The number of hydrogen-bond acceptors (Lipinski definition) is 10. The van der Waals surface area contributed by atoms with Crippen molar-refractivity contribution in [2.24, 2.45) is 0 Å². The molecule has 190 valence electrons. The Hall–Kier alpha value is -2.63. The van der Waals surface area contributed by atoms with Crippen LogP contribution in [0, 0.1) is 0 Å². The Morgan fingerprint density at radius 1 is 1.11 bits per heavy atom. The smallest absolute Gasteiger partial charge is 0.308 e. The zero-order chi connectivity index (χ0) is 25.8. The van der Waals surface area contributed by atoms with Crippen LogP contribution < -0.4 is 0 Å². The van der Waals surface area contributed by atoms with Crippen molar-refractivity contribution in [3.63, 3.8) is 0 Å². The molecule has 1 saturated heterocycles. The molecule has 10 heteroatoms. The van der Waals surface area contributed by atoms with Gasteiger partial charge in [0, 0.05) is 28.3 Å². The number of ether oxygens (including phenoxy) is 3. The van der Waals surface area contributed by atoms with Crippen molar-refractivity contribution < 1.29 is 43.9 Å². The van der Waals surface area contributed by atoms with E-state index in [9.17, 15) is 29.7 Å². The van der Waals surface area contributed by atoms with Crippen molar-refractivity contribution in [1.82, 2.24) is 4.90 Å². The number of hydrogen-bond donors (Lipinski definition) is 3. The van der Waals surface area contributed by atoms with Crippen molar-refractivity contribution >= 4 is 17.5 Å². The number of fused-ring (bicyclic) bond motifs is 1. The minimum Gasteiger partial charge on any atom is -0.507 e. The molecule has 10 nitrogen and oxygen atoms in total. The Balaban J connectivity index is 1.73. The Morgan fingerprint density at radius 2 is 1.80 bits per heavy atom. The van der Waals surface area contributed by atoms with Gasteiger partial charge < -0.3 is 34.4 Å². The molecule has 0 unspecified atom stereocenters. The van der Waals surface area contributed by atoms with Crippen LogP contribution in [0.5, 0.6) is 5.75 Å². The van der Waals surface area contributed by atoms with E-state index in [1.807, 2.05) is 19.0 Å². The summed E-state index contributed by atoms with van der Waals surface area (Å²) in [6.45, 7) is 3.29. The van der Waals surface area contributed by atoms with E-state index in [1.54, 1.807) is 13.8 Å². The predicted octanol–water partition coefficient (Wildman–Crippen LogP) is 0.920. The fourth-order valence-corrected chi connectivity index (χ4v) is 5.29. The Labute approximate surface area is 203 Å². The highest BCUT2D eigenvalue weighted by Crippen LogP contribution is 2.44. The van der Waals surface area contributed by atoms with Gasteiger partial charge in [-0.15, -0.1) is 0 Å². The van der Waals surface area contributed by atoms with Gasteiger partial charge >= 0.3 is 5.97 Å². The summed E-state index contributed by atoms with van der Waals surface area (Å²) in [6, 6.07) is 2.74. The van der Waals surface area contributed by atoms with Gasteiger partial charge in [-0.2, -0.15) is 0 Å². The van der Waals surface area contributed by atoms with Crippen LogP contribution in [-0.4, -0.2) is 95.5 Å². The maximum Gasteiger partial charge on any atom is 0.308 e. The Kier molecular flexibility index (Phi) is 6.87. The van der Waals surface area contributed by atoms with Gasteiger partial charge in [0.2, 0.25) is 0 Å². The number of nitrogens with zero attached hydrogens (tertiary/aromatic N) is 1. The molecule has 3 aliphatic rings. The molecule has 1 aromatic carbocycles. The van der Waals surface area contributed by atoms with E-state index < -0.39 is 54.2 Å². The van der Waals surface area contributed by atoms with Crippen molar-refractivity contribution in [2.45, 2.75) is 69.4 Å². The normalized spacial score (nSPS) is 33.0. The van der Waals surface area contributed by atoms with Crippen LogP contribution in [-0.2, 0) is 19.0 Å². The second kappa shape index (κ2) is 9.44. The molecule has 2 aliphatic heterocycles. The molecule has 1 aliphatic carbocycles. The first-order valence-corrected chi connectivity index (χ1v) is 11.6. The molecule has 0 bridgehead atoms. The minimum absolute atomic E-state index is 0.0342. The number of likely N-dealkylation sites (N-methyl/N-ethyl adjacent to an activating group) is 1. The summed E-state index contributed by atoms with van der Waals surface area (Å²) in [5.74, 6) is -2.21. The van der Waals surface area contributed by atoms with Gasteiger partial charge in [0.15, 0.2) is 11.6 Å². The number of benzene rings is 1.